The quantitative estimate of drug-likeness (QED) is 0.326. The number of carboxylic acids is 1. The molecule has 1 aromatic heterocycles. The first-order valence-corrected chi connectivity index (χ1v) is 12.4. The number of benzene rings is 2. The number of nitrogens with one attached hydrogen (secondary N) is 1. The standard InChI is InChI=1S/C29H37NO6/c1-6-20(9-7-19-8-11-23(18(2)13-19)35-17-26(31)29(3,4)5)21-10-12-24-22(14-21)15-25(36-24)28(34)30-16-27(32)33/h8,10-15,20,26,31H,6-7,9,16-17H2,1-5H3,(H,30,34)(H,32,33). The summed E-state index contributed by atoms with van der Waals surface area (Å²) in [4.78, 5) is 22.8. The van der Waals surface area contributed by atoms with Crippen LogP contribution in [-0.4, -0.2) is 41.3 Å². The SMILES string of the molecule is CCC(CCc1ccc(OCC(O)C(C)(C)C)c(C)c1)c1ccc2oc(C(=O)NCC(=O)O)cc2c1. The van der Waals surface area contributed by atoms with Crippen LogP contribution in [0.2, 0.25) is 0 Å². The van der Waals surface area contributed by atoms with E-state index in [1.165, 1.54) is 11.1 Å². The normalized spacial score (nSPS) is 13.4. The zero-order valence-corrected chi connectivity index (χ0v) is 21.8. The summed E-state index contributed by atoms with van der Waals surface area (Å²) in [6, 6.07) is 13.8. The Bertz CT molecular complexity index is 1210. The fourth-order valence-corrected chi connectivity index (χ4v) is 4.07. The fourth-order valence-electron chi connectivity index (χ4n) is 4.07. The zero-order chi connectivity index (χ0) is 26.5. The monoisotopic (exact) mass is 495 g/mol. The third kappa shape index (κ3) is 7.10. The molecule has 0 saturated carbocycles. The van der Waals surface area contributed by atoms with Crippen molar-refractivity contribution < 1.29 is 29.0 Å². The Morgan fingerprint density at radius 3 is 2.50 bits per heavy atom. The van der Waals surface area contributed by atoms with Gasteiger partial charge in [0, 0.05) is 5.39 Å². The van der Waals surface area contributed by atoms with E-state index >= 15 is 0 Å². The van der Waals surface area contributed by atoms with E-state index in [2.05, 4.69) is 24.4 Å². The number of furan rings is 1. The Balaban J connectivity index is 1.64. The van der Waals surface area contributed by atoms with Crippen molar-refractivity contribution >= 4 is 22.8 Å². The summed E-state index contributed by atoms with van der Waals surface area (Å²) in [5.74, 6) is -0.416. The first-order valence-electron chi connectivity index (χ1n) is 12.4. The molecule has 36 heavy (non-hydrogen) atoms. The number of aliphatic carboxylic acids is 1. The maximum absolute atomic E-state index is 12.1. The number of aliphatic hydroxyl groups excluding tert-OH is 1. The Morgan fingerprint density at radius 2 is 1.86 bits per heavy atom. The minimum atomic E-state index is -1.11. The van der Waals surface area contributed by atoms with Crippen LogP contribution in [0.4, 0.5) is 0 Å². The predicted molar refractivity (Wildman–Crippen MR) is 140 cm³/mol. The minimum absolute atomic E-state index is 0.101. The second-order valence-corrected chi connectivity index (χ2v) is 10.4. The lowest BCUT2D eigenvalue weighted by Crippen LogP contribution is -2.32. The number of aliphatic hydroxyl groups is 1. The van der Waals surface area contributed by atoms with Gasteiger partial charge in [-0.3, -0.25) is 9.59 Å². The van der Waals surface area contributed by atoms with Crippen LogP contribution in [0.3, 0.4) is 0 Å². The topological polar surface area (TPSA) is 109 Å². The van der Waals surface area contributed by atoms with Crippen molar-refractivity contribution in [2.75, 3.05) is 13.2 Å². The number of carbonyl (C=O) groups excluding carboxylic acids is 1. The zero-order valence-electron chi connectivity index (χ0n) is 21.8. The summed E-state index contributed by atoms with van der Waals surface area (Å²) in [6.45, 7) is 9.97. The van der Waals surface area contributed by atoms with Crippen molar-refractivity contribution in [1.82, 2.24) is 5.32 Å². The lowest BCUT2D eigenvalue weighted by Gasteiger charge is -2.26. The molecular formula is C29H37NO6. The molecule has 0 radical (unpaired) electrons. The number of rotatable bonds is 11. The third-order valence-corrected chi connectivity index (χ3v) is 6.55. The second kappa shape index (κ2) is 11.6. The molecule has 0 fully saturated rings. The largest absolute Gasteiger partial charge is 0.491 e. The highest BCUT2D eigenvalue weighted by Crippen LogP contribution is 2.30. The highest BCUT2D eigenvalue weighted by molar-refractivity contribution is 5.97. The number of amides is 1. The number of hydrogen-bond donors (Lipinski definition) is 3. The van der Waals surface area contributed by atoms with E-state index in [0.29, 0.717) is 11.5 Å². The molecule has 7 nitrogen and oxygen atoms in total. The Labute approximate surface area is 212 Å². The molecule has 0 spiro atoms. The maximum Gasteiger partial charge on any atom is 0.322 e. The van der Waals surface area contributed by atoms with Crippen molar-refractivity contribution in [2.45, 2.75) is 65.9 Å². The van der Waals surface area contributed by atoms with Gasteiger partial charge < -0.3 is 24.7 Å². The predicted octanol–water partition coefficient (Wildman–Crippen LogP) is 5.47. The Kier molecular flexibility index (Phi) is 8.79. The molecule has 0 aliphatic rings. The van der Waals surface area contributed by atoms with E-state index in [1.54, 1.807) is 6.07 Å². The molecule has 0 aliphatic carbocycles. The molecule has 1 heterocycles. The number of aryl methyl sites for hydroxylation is 2. The molecule has 194 valence electrons. The van der Waals surface area contributed by atoms with Gasteiger partial charge in [0.25, 0.3) is 5.91 Å². The molecule has 2 unspecified atom stereocenters. The first-order chi connectivity index (χ1) is 17.0. The number of ether oxygens (including phenoxy) is 1. The van der Waals surface area contributed by atoms with Gasteiger partial charge in [-0.15, -0.1) is 0 Å². The van der Waals surface area contributed by atoms with Crippen LogP contribution >= 0.6 is 0 Å². The van der Waals surface area contributed by atoms with Crippen molar-refractivity contribution in [2.24, 2.45) is 5.41 Å². The van der Waals surface area contributed by atoms with Gasteiger partial charge >= 0.3 is 5.97 Å². The maximum atomic E-state index is 12.1. The highest BCUT2D eigenvalue weighted by atomic mass is 16.5. The molecule has 1 amide bonds. The van der Waals surface area contributed by atoms with Gasteiger partial charge in [-0.05, 0) is 78.5 Å². The van der Waals surface area contributed by atoms with Crippen molar-refractivity contribution in [3.8, 4) is 5.75 Å². The number of fused-ring (bicyclic) bond motifs is 1. The molecule has 0 bridgehead atoms. The first kappa shape index (κ1) is 27.3. The summed E-state index contributed by atoms with van der Waals surface area (Å²) in [7, 11) is 0. The van der Waals surface area contributed by atoms with Crippen molar-refractivity contribution in [1.29, 1.82) is 0 Å². The van der Waals surface area contributed by atoms with Gasteiger partial charge in [-0.1, -0.05) is 45.9 Å². The van der Waals surface area contributed by atoms with Gasteiger partial charge in [-0.25, -0.2) is 0 Å². The van der Waals surface area contributed by atoms with E-state index in [0.717, 1.165) is 36.0 Å². The minimum Gasteiger partial charge on any atom is -0.491 e. The van der Waals surface area contributed by atoms with Crippen LogP contribution in [0.5, 0.6) is 5.75 Å². The van der Waals surface area contributed by atoms with Crippen molar-refractivity contribution in [3.63, 3.8) is 0 Å². The van der Waals surface area contributed by atoms with Gasteiger partial charge in [-0.2, -0.15) is 0 Å². The lowest BCUT2D eigenvalue weighted by molar-refractivity contribution is -0.135. The number of hydrogen-bond acceptors (Lipinski definition) is 5. The van der Waals surface area contributed by atoms with Crippen LogP contribution in [0.15, 0.2) is 46.9 Å². The molecule has 2 aromatic carbocycles. The van der Waals surface area contributed by atoms with E-state index in [-0.39, 0.29) is 17.8 Å². The average molecular weight is 496 g/mol. The molecule has 3 N–H and O–H groups in total. The molecule has 7 heteroatoms. The molecule has 0 aliphatic heterocycles. The van der Waals surface area contributed by atoms with Gasteiger partial charge in [0.2, 0.25) is 0 Å². The summed E-state index contributed by atoms with van der Waals surface area (Å²) in [5, 5.41) is 22.1. The Morgan fingerprint density at radius 1 is 1.11 bits per heavy atom. The van der Waals surface area contributed by atoms with E-state index in [1.807, 2.05) is 52.0 Å². The molecule has 2 atom stereocenters. The second-order valence-electron chi connectivity index (χ2n) is 10.4. The smallest absolute Gasteiger partial charge is 0.322 e. The number of carbonyl (C=O) groups is 2. The fraction of sp³-hybridized carbons (Fsp3) is 0.448. The van der Waals surface area contributed by atoms with Crippen molar-refractivity contribution in [3.05, 3.63) is 64.9 Å². The van der Waals surface area contributed by atoms with Gasteiger partial charge in [0.05, 0.1) is 6.10 Å². The molecule has 0 saturated heterocycles. The summed E-state index contributed by atoms with van der Waals surface area (Å²) in [5.41, 5.74) is 3.83. The summed E-state index contributed by atoms with van der Waals surface area (Å²) in [6.07, 6.45) is 2.31. The average Bonchev–Trinajstić information content (AvgIpc) is 3.25. The lowest BCUT2D eigenvalue weighted by atomic mass is 9.89. The highest BCUT2D eigenvalue weighted by Gasteiger charge is 2.23. The Hall–Kier alpha value is -3.32. The van der Waals surface area contributed by atoms with Crippen LogP contribution in [0, 0.1) is 12.3 Å². The number of carboxylic acid groups (broad SMARTS) is 1. The van der Waals surface area contributed by atoms with Crippen LogP contribution in [0.25, 0.3) is 11.0 Å². The summed E-state index contributed by atoms with van der Waals surface area (Å²) < 4.78 is 11.5. The van der Waals surface area contributed by atoms with Crippen LogP contribution < -0.4 is 10.1 Å². The van der Waals surface area contributed by atoms with Gasteiger partial charge in [0.1, 0.15) is 24.5 Å². The van der Waals surface area contributed by atoms with E-state index in [4.69, 9.17) is 14.3 Å². The summed E-state index contributed by atoms with van der Waals surface area (Å²) >= 11 is 0. The van der Waals surface area contributed by atoms with Crippen LogP contribution in [0.1, 0.15) is 73.7 Å². The van der Waals surface area contributed by atoms with E-state index < -0.39 is 24.5 Å². The molecular weight excluding hydrogens is 458 g/mol. The van der Waals surface area contributed by atoms with E-state index in [9.17, 15) is 14.7 Å². The van der Waals surface area contributed by atoms with Gasteiger partial charge in [0.15, 0.2) is 5.76 Å². The molecule has 3 rings (SSSR count). The van der Waals surface area contributed by atoms with Crippen LogP contribution in [-0.2, 0) is 11.2 Å². The third-order valence-electron chi connectivity index (χ3n) is 6.55. The molecule has 3 aromatic rings.